The van der Waals surface area contributed by atoms with Crippen LogP contribution in [0.5, 0.6) is 11.5 Å². The van der Waals surface area contributed by atoms with Gasteiger partial charge in [0.05, 0.1) is 24.8 Å². The quantitative estimate of drug-likeness (QED) is 0.283. The van der Waals surface area contributed by atoms with Crippen LogP contribution in [0.15, 0.2) is 77.7 Å². The van der Waals surface area contributed by atoms with Crippen LogP contribution in [0.3, 0.4) is 0 Å². The summed E-state index contributed by atoms with van der Waals surface area (Å²) in [7, 11) is -1.35. The van der Waals surface area contributed by atoms with Crippen LogP contribution in [-0.4, -0.2) is 58.0 Å². The van der Waals surface area contributed by atoms with Crippen molar-refractivity contribution in [2.45, 2.75) is 64.1 Å². The number of sulfonamides is 1. The van der Waals surface area contributed by atoms with Crippen molar-refractivity contribution in [3.05, 3.63) is 83.9 Å². The van der Waals surface area contributed by atoms with Gasteiger partial charge in [-0.15, -0.1) is 0 Å². The number of carbonyl (C=O) groups is 2. The van der Waals surface area contributed by atoms with Crippen LogP contribution in [0.1, 0.15) is 44.7 Å². The van der Waals surface area contributed by atoms with Crippen LogP contribution >= 0.6 is 0 Å². The first-order valence-electron chi connectivity index (χ1n) is 14.0. The Hall–Kier alpha value is -4.05. The number of hydrogen-bond acceptors (Lipinski definition) is 6. The summed E-state index contributed by atoms with van der Waals surface area (Å²) in [5.41, 5.74) is 1.95. The predicted molar refractivity (Wildman–Crippen MR) is 164 cm³/mol. The number of benzene rings is 3. The van der Waals surface area contributed by atoms with E-state index in [0.717, 1.165) is 21.9 Å². The van der Waals surface area contributed by atoms with Crippen molar-refractivity contribution in [2.75, 3.05) is 25.1 Å². The van der Waals surface area contributed by atoms with Crippen molar-refractivity contribution in [1.82, 2.24) is 10.2 Å². The molecule has 0 heterocycles. The van der Waals surface area contributed by atoms with Crippen molar-refractivity contribution in [1.29, 1.82) is 0 Å². The largest absolute Gasteiger partial charge is 0.497 e. The minimum absolute atomic E-state index is 0.00896. The lowest BCUT2D eigenvalue weighted by molar-refractivity contribution is -0.140. The summed E-state index contributed by atoms with van der Waals surface area (Å²) in [4.78, 5) is 29.2. The second-order valence-electron chi connectivity index (χ2n) is 10.1. The fourth-order valence-corrected chi connectivity index (χ4v) is 5.99. The summed E-state index contributed by atoms with van der Waals surface area (Å²) in [6, 6.07) is 19.4. The summed E-state index contributed by atoms with van der Waals surface area (Å²) in [5.74, 6) is -0.184. The maximum absolute atomic E-state index is 14.3. The van der Waals surface area contributed by atoms with Gasteiger partial charge in [-0.2, -0.15) is 0 Å². The summed E-state index contributed by atoms with van der Waals surface area (Å²) in [6.07, 6.45) is 1.07. The van der Waals surface area contributed by atoms with E-state index in [-0.39, 0.29) is 34.8 Å². The lowest BCUT2D eigenvalue weighted by atomic mass is 10.1. The second kappa shape index (κ2) is 14.7. The summed E-state index contributed by atoms with van der Waals surface area (Å²) in [5, 5.41) is 2.99. The topological polar surface area (TPSA) is 105 Å². The Kier molecular flexibility index (Phi) is 11.4. The van der Waals surface area contributed by atoms with E-state index in [4.69, 9.17) is 9.47 Å². The number of amides is 2. The average molecular weight is 596 g/mol. The van der Waals surface area contributed by atoms with E-state index in [1.54, 1.807) is 30.3 Å². The Labute approximate surface area is 249 Å². The maximum Gasteiger partial charge on any atom is 0.264 e. The van der Waals surface area contributed by atoms with Crippen LogP contribution in [0.4, 0.5) is 5.69 Å². The van der Waals surface area contributed by atoms with Gasteiger partial charge in [-0.05, 0) is 62.1 Å². The van der Waals surface area contributed by atoms with E-state index in [1.165, 1.54) is 37.3 Å². The summed E-state index contributed by atoms with van der Waals surface area (Å²) >= 11 is 0. The minimum atomic E-state index is -4.25. The minimum Gasteiger partial charge on any atom is -0.497 e. The first kappa shape index (κ1) is 32.5. The molecule has 0 saturated heterocycles. The number of nitrogens with zero attached hydrogens (tertiary/aromatic N) is 2. The molecular formula is C32H41N3O6S. The molecule has 3 aromatic carbocycles. The predicted octanol–water partition coefficient (Wildman–Crippen LogP) is 4.93. The normalized spacial score (nSPS) is 12.6. The van der Waals surface area contributed by atoms with E-state index in [9.17, 15) is 18.0 Å². The Morgan fingerprint density at radius 1 is 0.905 bits per heavy atom. The first-order chi connectivity index (χ1) is 20.1. The molecule has 0 bridgehead atoms. The molecule has 1 N–H and O–H groups in total. The average Bonchev–Trinajstić information content (AvgIpc) is 3.00. The molecule has 2 atom stereocenters. The van der Waals surface area contributed by atoms with Gasteiger partial charge >= 0.3 is 0 Å². The number of aryl methyl sites for hydroxylation is 1. The lowest BCUT2D eigenvalue weighted by Crippen LogP contribution is -2.53. The fraction of sp³-hybridized carbons (Fsp3) is 0.375. The van der Waals surface area contributed by atoms with Crippen molar-refractivity contribution in [3.63, 3.8) is 0 Å². The molecule has 3 aromatic rings. The maximum atomic E-state index is 14.3. The molecule has 0 aromatic heterocycles. The van der Waals surface area contributed by atoms with E-state index in [0.29, 0.717) is 12.2 Å². The zero-order chi connectivity index (χ0) is 30.9. The van der Waals surface area contributed by atoms with Gasteiger partial charge in [0.15, 0.2) is 0 Å². The van der Waals surface area contributed by atoms with Crippen molar-refractivity contribution < 1.29 is 27.5 Å². The molecule has 0 aliphatic carbocycles. The van der Waals surface area contributed by atoms with Gasteiger partial charge in [-0.1, -0.05) is 56.3 Å². The van der Waals surface area contributed by atoms with E-state index in [2.05, 4.69) is 5.32 Å². The molecule has 2 amide bonds. The Balaban J connectivity index is 2.15. The van der Waals surface area contributed by atoms with E-state index in [1.807, 2.05) is 52.0 Å². The third kappa shape index (κ3) is 7.61. The van der Waals surface area contributed by atoms with Gasteiger partial charge in [0.1, 0.15) is 24.1 Å². The van der Waals surface area contributed by atoms with Gasteiger partial charge in [-0.3, -0.25) is 13.9 Å². The molecular weight excluding hydrogens is 554 g/mol. The van der Waals surface area contributed by atoms with Crippen molar-refractivity contribution in [3.8, 4) is 11.5 Å². The van der Waals surface area contributed by atoms with Crippen LogP contribution in [0.2, 0.25) is 0 Å². The van der Waals surface area contributed by atoms with E-state index >= 15 is 0 Å². The summed E-state index contributed by atoms with van der Waals surface area (Å²) < 4.78 is 40.1. The molecule has 9 nitrogen and oxygen atoms in total. The molecule has 2 unspecified atom stereocenters. The molecule has 0 aliphatic heterocycles. The highest BCUT2D eigenvalue weighted by Crippen LogP contribution is 2.36. The number of rotatable bonds is 14. The van der Waals surface area contributed by atoms with Gasteiger partial charge in [-0.25, -0.2) is 8.42 Å². The number of anilines is 1. The third-order valence-corrected chi connectivity index (χ3v) is 9.03. The molecule has 0 fully saturated rings. The molecule has 0 spiro atoms. The van der Waals surface area contributed by atoms with Crippen molar-refractivity contribution in [2.24, 2.45) is 0 Å². The molecule has 226 valence electrons. The van der Waals surface area contributed by atoms with E-state index < -0.39 is 28.5 Å². The zero-order valence-corrected chi connectivity index (χ0v) is 26.0. The van der Waals surface area contributed by atoms with Crippen LogP contribution in [-0.2, 0) is 26.2 Å². The number of carbonyl (C=O) groups excluding carboxylic acids is 2. The Morgan fingerprint density at radius 3 is 2.17 bits per heavy atom. The SMILES string of the molecule is CCC(C)NC(=O)C(CC)N(Cc1ccccc1C)C(=O)CN(c1cc(OC)ccc1OC)S(=O)(=O)c1ccccc1. The third-order valence-electron chi connectivity index (χ3n) is 7.25. The summed E-state index contributed by atoms with van der Waals surface area (Å²) in [6.45, 7) is 7.21. The number of ether oxygens (including phenoxy) is 2. The smallest absolute Gasteiger partial charge is 0.264 e. The van der Waals surface area contributed by atoms with Crippen LogP contribution in [0, 0.1) is 6.92 Å². The lowest BCUT2D eigenvalue weighted by Gasteiger charge is -2.34. The number of hydrogen-bond donors (Lipinski definition) is 1. The highest BCUT2D eigenvalue weighted by atomic mass is 32.2. The number of methoxy groups -OCH3 is 2. The standard InChI is InChI=1S/C32H41N3O6S/c1-7-24(4)33-32(37)28(8-2)34(21-25-15-13-12-14-23(25)3)31(36)22-35(42(38,39)27-16-10-9-11-17-27)29-20-26(40-5)18-19-30(29)41-6/h9-20,24,28H,7-8,21-22H2,1-6H3,(H,33,37). The molecule has 10 heteroatoms. The Bertz CT molecular complexity index is 1460. The fourth-order valence-electron chi connectivity index (χ4n) is 4.56. The van der Waals surface area contributed by atoms with Crippen LogP contribution < -0.4 is 19.1 Å². The molecule has 42 heavy (non-hydrogen) atoms. The highest BCUT2D eigenvalue weighted by molar-refractivity contribution is 7.92. The zero-order valence-electron chi connectivity index (χ0n) is 25.2. The first-order valence-corrected chi connectivity index (χ1v) is 15.4. The van der Waals surface area contributed by atoms with Crippen molar-refractivity contribution >= 4 is 27.5 Å². The molecule has 3 rings (SSSR count). The van der Waals surface area contributed by atoms with Gasteiger partial charge in [0.2, 0.25) is 11.8 Å². The number of nitrogens with one attached hydrogen (secondary N) is 1. The van der Waals surface area contributed by atoms with Gasteiger partial charge < -0.3 is 19.7 Å². The van der Waals surface area contributed by atoms with Gasteiger partial charge in [0.25, 0.3) is 10.0 Å². The Morgan fingerprint density at radius 2 is 1.57 bits per heavy atom. The van der Waals surface area contributed by atoms with Crippen LogP contribution in [0.25, 0.3) is 0 Å². The molecule has 0 saturated carbocycles. The monoisotopic (exact) mass is 595 g/mol. The molecule has 0 aliphatic rings. The van der Waals surface area contributed by atoms with Gasteiger partial charge in [0, 0.05) is 18.7 Å². The second-order valence-corrected chi connectivity index (χ2v) is 11.9. The molecule has 0 radical (unpaired) electrons. The highest BCUT2D eigenvalue weighted by Gasteiger charge is 2.35.